The van der Waals surface area contributed by atoms with Crippen LogP contribution in [0.15, 0.2) is 35.1 Å². The zero-order valence-corrected chi connectivity index (χ0v) is 10.6. The van der Waals surface area contributed by atoms with Crippen LogP contribution >= 0.6 is 15.9 Å². The molecule has 0 aliphatic rings. The van der Waals surface area contributed by atoms with Crippen LogP contribution in [0.25, 0.3) is 6.08 Å². The third kappa shape index (κ3) is 3.24. The summed E-state index contributed by atoms with van der Waals surface area (Å²) in [5.41, 5.74) is 0.317. The highest BCUT2D eigenvalue weighted by atomic mass is 79.9. The number of carbonyl (C=O) groups excluding carboxylic acids is 1. The highest BCUT2D eigenvalue weighted by Gasteiger charge is 2.02. The van der Waals surface area contributed by atoms with Gasteiger partial charge in [0.15, 0.2) is 0 Å². The van der Waals surface area contributed by atoms with E-state index in [1.165, 1.54) is 24.5 Å². The fourth-order valence-corrected chi connectivity index (χ4v) is 1.61. The first-order chi connectivity index (χ1) is 8.65. The fraction of sp³-hybridized carbons (Fsp3) is 0. The number of aromatic nitrogens is 3. The smallest absolute Gasteiger partial charge is 0.250 e. The lowest BCUT2D eigenvalue weighted by Crippen LogP contribution is -2.09. The molecule has 0 radical (unpaired) electrons. The summed E-state index contributed by atoms with van der Waals surface area (Å²) in [6.45, 7) is 0. The molecule has 0 bridgehead atoms. The molecule has 0 aliphatic carbocycles. The second kappa shape index (κ2) is 5.54. The third-order valence-electron chi connectivity index (χ3n) is 2.03. The van der Waals surface area contributed by atoms with E-state index < -0.39 is 11.7 Å². The number of aromatic amines is 1. The van der Waals surface area contributed by atoms with Crippen LogP contribution in [0.1, 0.15) is 5.56 Å². The molecule has 0 fully saturated rings. The number of anilines is 1. The van der Waals surface area contributed by atoms with Crippen molar-refractivity contribution in [3.8, 4) is 0 Å². The zero-order valence-electron chi connectivity index (χ0n) is 9.02. The summed E-state index contributed by atoms with van der Waals surface area (Å²) in [7, 11) is 0. The van der Waals surface area contributed by atoms with Crippen LogP contribution < -0.4 is 5.32 Å². The van der Waals surface area contributed by atoms with Crippen molar-refractivity contribution < 1.29 is 9.18 Å². The lowest BCUT2D eigenvalue weighted by atomic mass is 10.2. The van der Waals surface area contributed by atoms with E-state index >= 15 is 0 Å². The van der Waals surface area contributed by atoms with Gasteiger partial charge in [0.05, 0.1) is 0 Å². The Labute approximate surface area is 110 Å². The molecule has 0 saturated carbocycles. The number of rotatable bonds is 3. The van der Waals surface area contributed by atoms with Crippen LogP contribution in [0.4, 0.5) is 10.3 Å². The first-order valence-electron chi connectivity index (χ1n) is 4.94. The first-order valence-corrected chi connectivity index (χ1v) is 5.74. The van der Waals surface area contributed by atoms with Gasteiger partial charge >= 0.3 is 0 Å². The second-order valence-corrected chi connectivity index (χ2v) is 4.24. The van der Waals surface area contributed by atoms with Crippen LogP contribution in [0.3, 0.4) is 0 Å². The maximum atomic E-state index is 13.4. The van der Waals surface area contributed by atoms with Gasteiger partial charge < -0.3 is 0 Å². The second-order valence-electron chi connectivity index (χ2n) is 3.32. The van der Waals surface area contributed by atoms with E-state index in [4.69, 9.17) is 0 Å². The van der Waals surface area contributed by atoms with Crippen molar-refractivity contribution in [3.05, 3.63) is 46.5 Å². The molecule has 0 saturated heterocycles. The van der Waals surface area contributed by atoms with Crippen LogP contribution in [-0.2, 0) is 4.79 Å². The Hall–Kier alpha value is -2.02. The van der Waals surface area contributed by atoms with Gasteiger partial charge in [-0.3, -0.25) is 10.1 Å². The van der Waals surface area contributed by atoms with Gasteiger partial charge in [0, 0.05) is 16.1 Å². The number of hydrogen-bond acceptors (Lipinski definition) is 3. The molecule has 0 aliphatic heterocycles. The van der Waals surface area contributed by atoms with Crippen LogP contribution in [-0.4, -0.2) is 21.1 Å². The minimum Gasteiger partial charge on any atom is -0.291 e. The van der Waals surface area contributed by atoms with E-state index in [-0.39, 0.29) is 5.95 Å². The van der Waals surface area contributed by atoms with Crippen LogP contribution in [0.5, 0.6) is 0 Å². The molecule has 1 heterocycles. The SMILES string of the molecule is O=C(/C=C/c1cc(Br)ccc1F)Nc1ncn[nH]1. The van der Waals surface area contributed by atoms with Gasteiger partial charge in [-0.15, -0.1) is 0 Å². The van der Waals surface area contributed by atoms with Crippen molar-refractivity contribution in [1.29, 1.82) is 0 Å². The average molecular weight is 311 g/mol. The normalized spacial score (nSPS) is 10.8. The molecule has 2 rings (SSSR count). The Morgan fingerprint density at radius 2 is 2.33 bits per heavy atom. The number of halogens is 2. The lowest BCUT2D eigenvalue weighted by Gasteiger charge is -1.98. The number of benzene rings is 1. The highest BCUT2D eigenvalue weighted by Crippen LogP contribution is 2.16. The Bertz CT molecular complexity index is 583. The maximum absolute atomic E-state index is 13.4. The Kier molecular flexibility index (Phi) is 3.83. The van der Waals surface area contributed by atoms with Gasteiger partial charge in [0.1, 0.15) is 12.1 Å². The minimum absolute atomic E-state index is 0.236. The van der Waals surface area contributed by atoms with E-state index in [1.807, 2.05) is 0 Å². The largest absolute Gasteiger partial charge is 0.291 e. The summed E-state index contributed by atoms with van der Waals surface area (Å²) in [5, 5.41) is 8.49. The van der Waals surface area contributed by atoms with Gasteiger partial charge in [-0.1, -0.05) is 15.9 Å². The molecule has 7 heteroatoms. The highest BCUT2D eigenvalue weighted by molar-refractivity contribution is 9.10. The molecule has 5 nitrogen and oxygen atoms in total. The summed E-state index contributed by atoms with van der Waals surface area (Å²) in [5.74, 6) is -0.590. The van der Waals surface area contributed by atoms with Gasteiger partial charge in [-0.2, -0.15) is 10.1 Å². The van der Waals surface area contributed by atoms with Crippen molar-refractivity contribution in [1.82, 2.24) is 15.2 Å². The molecule has 2 N–H and O–H groups in total. The summed E-state index contributed by atoms with van der Waals surface area (Å²) in [6.07, 6.45) is 3.87. The average Bonchev–Trinajstić information content (AvgIpc) is 2.83. The molecule has 0 spiro atoms. The number of nitrogens with one attached hydrogen (secondary N) is 2. The molecular formula is C11H8BrFN4O. The number of nitrogens with zero attached hydrogens (tertiary/aromatic N) is 2. The van der Waals surface area contributed by atoms with E-state index in [0.29, 0.717) is 5.56 Å². The fourth-order valence-electron chi connectivity index (χ4n) is 1.23. The molecule has 1 aromatic heterocycles. The van der Waals surface area contributed by atoms with Gasteiger partial charge in [0.2, 0.25) is 5.95 Å². The van der Waals surface area contributed by atoms with Gasteiger partial charge in [-0.25, -0.2) is 9.49 Å². The number of H-pyrrole nitrogens is 1. The van der Waals surface area contributed by atoms with Crippen molar-refractivity contribution in [2.24, 2.45) is 0 Å². The Balaban J connectivity index is 2.06. The predicted molar refractivity (Wildman–Crippen MR) is 68.1 cm³/mol. The van der Waals surface area contributed by atoms with E-state index in [9.17, 15) is 9.18 Å². The Morgan fingerprint density at radius 3 is 3.06 bits per heavy atom. The molecule has 0 atom stereocenters. The number of amides is 1. The Morgan fingerprint density at radius 1 is 1.50 bits per heavy atom. The lowest BCUT2D eigenvalue weighted by molar-refractivity contribution is -0.111. The quantitative estimate of drug-likeness (QED) is 0.855. The molecular weight excluding hydrogens is 303 g/mol. The molecule has 1 aromatic carbocycles. The molecule has 2 aromatic rings. The summed E-state index contributed by atoms with van der Waals surface area (Å²) < 4.78 is 14.1. The standard InChI is InChI=1S/C11H8BrFN4O/c12-8-2-3-9(13)7(5-8)1-4-10(18)16-11-14-6-15-17-11/h1-6H,(H2,14,15,16,17,18)/b4-1+. The molecule has 92 valence electrons. The third-order valence-corrected chi connectivity index (χ3v) is 2.52. The monoisotopic (exact) mass is 310 g/mol. The van der Waals surface area contributed by atoms with Gasteiger partial charge in [0.25, 0.3) is 5.91 Å². The van der Waals surface area contributed by atoms with E-state index in [1.54, 1.807) is 12.1 Å². The van der Waals surface area contributed by atoms with Crippen molar-refractivity contribution in [3.63, 3.8) is 0 Å². The summed E-state index contributed by atoms with van der Waals surface area (Å²) >= 11 is 3.23. The van der Waals surface area contributed by atoms with Crippen LogP contribution in [0, 0.1) is 5.82 Å². The number of hydrogen-bond donors (Lipinski definition) is 2. The number of carbonyl (C=O) groups is 1. The minimum atomic E-state index is -0.425. The molecule has 0 unspecified atom stereocenters. The topological polar surface area (TPSA) is 70.7 Å². The summed E-state index contributed by atoms with van der Waals surface area (Å²) in [4.78, 5) is 15.2. The van der Waals surface area contributed by atoms with Crippen molar-refractivity contribution in [2.75, 3.05) is 5.32 Å². The van der Waals surface area contributed by atoms with Gasteiger partial charge in [-0.05, 0) is 24.3 Å². The zero-order chi connectivity index (χ0) is 13.0. The summed E-state index contributed by atoms with van der Waals surface area (Å²) in [6, 6.07) is 4.48. The van der Waals surface area contributed by atoms with E-state index in [0.717, 1.165) is 4.47 Å². The van der Waals surface area contributed by atoms with Crippen LogP contribution in [0.2, 0.25) is 0 Å². The first kappa shape index (κ1) is 12.4. The van der Waals surface area contributed by atoms with Crippen molar-refractivity contribution in [2.45, 2.75) is 0 Å². The van der Waals surface area contributed by atoms with Crippen molar-refractivity contribution >= 4 is 33.9 Å². The van der Waals surface area contributed by atoms with E-state index in [2.05, 4.69) is 36.4 Å². The predicted octanol–water partition coefficient (Wildman–Crippen LogP) is 2.36. The molecule has 18 heavy (non-hydrogen) atoms. The maximum Gasteiger partial charge on any atom is 0.250 e. The molecule has 1 amide bonds.